The van der Waals surface area contributed by atoms with E-state index < -0.39 is 0 Å². The Balaban J connectivity index is 0.00000128. The molecule has 0 radical (unpaired) electrons. The minimum absolute atomic E-state index is 0. The largest absolute Gasteiger partial charge is 0.358 e. The normalized spacial score (nSPS) is 23.6. The van der Waals surface area contributed by atoms with E-state index in [2.05, 4.69) is 50.4 Å². The van der Waals surface area contributed by atoms with E-state index in [0.29, 0.717) is 0 Å². The lowest BCUT2D eigenvalue weighted by molar-refractivity contribution is -0.0597. The highest BCUT2D eigenvalue weighted by molar-refractivity contribution is 5.85. The SMILES string of the molecule is Cc1ccccc1C1NCC(C)(C)CO1.Cl. The van der Waals surface area contributed by atoms with Gasteiger partial charge >= 0.3 is 0 Å². The van der Waals surface area contributed by atoms with Crippen molar-refractivity contribution in [1.82, 2.24) is 5.32 Å². The summed E-state index contributed by atoms with van der Waals surface area (Å²) in [5, 5.41) is 3.44. The summed E-state index contributed by atoms with van der Waals surface area (Å²) in [5.74, 6) is 0. The molecule has 90 valence electrons. The van der Waals surface area contributed by atoms with Crippen LogP contribution in [0.5, 0.6) is 0 Å². The maximum absolute atomic E-state index is 5.85. The maximum atomic E-state index is 5.85. The Labute approximate surface area is 104 Å². The van der Waals surface area contributed by atoms with Gasteiger partial charge in [-0.3, -0.25) is 5.32 Å². The fourth-order valence-electron chi connectivity index (χ4n) is 1.87. The second kappa shape index (κ2) is 5.17. The van der Waals surface area contributed by atoms with E-state index in [0.717, 1.165) is 13.2 Å². The molecule has 0 aliphatic carbocycles. The first-order chi connectivity index (χ1) is 7.08. The smallest absolute Gasteiger partial charge is 0.134 e. The summed E-state index contributed by atoms with van der Waals surface area (Å²) < 4.78 is 5.85. The topological polar surface area (TPSA) is 21.3 Å². The van der Waals surface area contributed by atoms with Crippen LogP contribution in [0.3, 0.4) is 0 Å². The predicted molar refractivity (Wildman–Crippen MR) is 68.9 cm³/mol. The Morgan fingerprint density at radius 2 is 2.00 bits per heavy atom. The number of aryl methyl sites for hydroxylation is 1. The average Bonchev–Trinajstić information content (AvgIpc) is 2.19. The van der Waals surface area contributed by atoms with Crippen molar-refractivity contribution in [2.24, 2.45) is 5.41 Å². The highest BCUT2D eigenvalue weighted by atomic mass is 35.5. The minimum Gasteiger partial charge on any atom is -0.358 e. The van der Waals surface area contributed by atoms with Crippen LogP contribution in [0.1, 0.15) is 31.2 Å². The van der Waals surface area contributed by atoms with Gasteiger partial charge in [0, 0.05) is 12.0 Å². The first-order valence-corrected chi connectivity index (χ1v) is 5.49. The average molecular weight is 242 g/mol. The quantitative estimate of drug-likeness (QED) is 0.816. The molecule has 1 saturated heterocycles. The van der Waals surface area contributed by atoms with E-state index in [-0.39, 0.29) is 24.0 Å². The number of benzene rings is 1. The molecule has 0 bridgehead atoms. The summed E-state index contributed by atoms with van der Waals surface area (Å²) in [4.78, 5) is 0. The second-order valence-corrected chi connectivity index (χ2v) is 5.09. The fourth-order valence-corrected chi connectivity index (χ4v) is 1.87. The minimum atomic E-state index is 0. The Bertz CT molecular complexity index is 342. The first-order valence-electron chi connectivity index (χ1n) is 5.49. The molecule has 0 aromatic heterocycles. The van der Waals surface area contributed by atoms with Crippen LogP contribution in [-0.2, 0) is 4.74 Å². The molecular weight excluding hydrogens is 222 g/mol. The summed E-state index contributed by atoms with van der Waals surface area (Å²) in [6, 6.07) is 8.38. The van der Waals surface area contributed by atoms with Crippen molar-refractivity contribution in [3.8, 4) is 0 Å². The third-order valence-electron chi connectivity index (χ3n) is 2.88. The lowest BCUT2D eigenvalue weighted by Gasteiger charge is -2.36. The van der Waals surface area contributed by atoms with Crippen molar-refractivity contribution in [3.63, 3.8) is 0 Å². The van der Waals surface area contributed by atoms with E-state index in [9.17, 15) is 0 Å². The molecule has 0 amide bonds. The summed E-state index contributed by atoms with van der Waals surface area (Å²) in [6.45, 7) is 8.38. The third-order valence-corrected chi connectivity index (χ3v) is 2.88. The van der Waals surface area contributed by atoms with Gasteiger partial charge in [-0.05, 0) is 18.1 Å². The number of hydrogen-bond acceptors (Lipinski definition) is 2. The number of rotatable bonds is 1. The molecule has 1 aliphatic rings. The zero-order valence-electron chi connectivity index (χ0n) is 10.1. The molecule has 1 heterocycles. The van der Waals surface area contributed by atoms with Crippen LogP contribution in [0, 0.1) is 12.3 Å². The van der Waals surface area contributed by atoms with Gasteiger partial charge in [0.05, 0.1) is 6.61 Å². The Morgan fingerprint density at radius 1 is 1.31 bits per heavy atom. The summed E-state index contributed by atoms with van der Waals surface area (Å²) >= 11 is 0. The van der Waals surface area contributed by atoms with Crippen LogP contribution >= 0.6 is 12.4 Å². The zero-order valence-corrected chi connectivity index (χ0v) is 10.9. The van der Waals surface area contributed by atoms with Gasteiger partial charge in [-0.1, -0.05) is 38.1 Å². The van der Waals surface area contributed by atoms with Crippen molar-refractivity contribution in [2.45, 2.75) is 27.0 Å². The molecule has 3 heteroatoms. The van der Waals surface area contributed by atoms with Crippen molar-refractivity contribution in [3.05, 3.63) is 35.4 Å². The van der Waals surface area contributed by atoms with E-state index in [1.54, 1.807) is 0 Å². The molecule has 0 saturated carbocycles. The molecule has 1 unspecified atom stereocenters. The van der Waals surface area contributed by atoms with Crippen molar-refractivity contribution >= 4 is 12.4 Å². The zero-order chi connectivity index (χ0) is 10.9. The third kappa shape index (κ3) is 2.97. The van der Waals surface area contributed by atoms with Crippen LogP contribution in [-0.4, -0.2) is 13.2 Å². The standard InChI is InChI=1S/C13H19NO.ClH/c1-10-6-4-5-7-11(10)12-14-8-13(2,3)9-15-12;/h4-7,12,14H,8-9H2,1-3H3;1H. The van der Waals surface area contributed by atoms with Crippen LogP contribution in [0.4, 0.5) is 0 Å². The molecule has 2 nitrogen and oxygen atoms in total. The van der Waals surface area contributed by atoms with Crippen LogP contribution in [0.2, 0.25) is 0 Å². The highest BCUT2D eigenvalue weighted by Crippen LogP contribution is 2.27. The molecule has 1 aromatic rings. The van der Waals surface area contributed by atoms with E-state index in [4.69, 9.17) is 4.74 Å². The maximum Gasteiger partial charge on any atom is 0.134 e. The van der Waals surface area contributed by atoms with Gasteiger partial charge in [-0.2, -0.15) is 0 Å². The number of ether oxygens (including phenoxy) is 1. The molecular formula is C13H20ClNO. The first kappa shape index (κ1) is 13.5. The number of nitrogens with one attached hydrogen (secondary N) is 1. The van der Waals surface area contributed by atoms with E-state index in [1.165, 1.54) is 11.1 Å². The lowest BCUT2D eigenvalue weighted by atomic mass is 9.93. The molecule has 2 rings (SSSR count). The predicted octanol–water partition coefficient (Wildman–Crippen LogP) is 3.06. The van der Waals surface area contributed by atoms with Crippen molar-refractivity contribution < 1.29 is 4.74 Å². The van der Waals surface area contributed by atoms with Crippen LogP contribution in [0.25, 0.3) is 0 Å². The Morgan fingerprint density at radius 3 is 2.56 bits per heavy atom. The van der Waals surface area contributed by atoms with Gasteiger partial charge in [0.1, 0.15) is 6.23 Å². The van der Waals surface area contributed by atoms with Crippen molar-refractivity contribution in [2.75, 3.05) is 13.2 Å². The molecule has 1 atom stereocenters. The molecule has 1 fully saturated rings. The number of hydrogen-bond donors (Lipinski definition) is 1. The highest BCUT2D eigenvalue weighted by Gasteiger charge is 2.28. The van der Waals surface area contributed by atoms with Gasteiger partial charge in [-0.15, -0.1) is 12.4 Å². The van der Waals surface area contributed by atoms with Crippen molar-refractivity contribution in [1.29, 1.82) is 0 Å². The molecule has 1 aliphatic heterocycles. The van der Waals surface area contributed by atoms with Gasteiger partial charge in [-0.25, -0.2) is 0 Å². The summed E-state index contributed by atoms with van der Waals surface area (Å²) in [5.41, 5.74) is 2.79. The van der Waals surface area contributed by atoms with Gasteiger partial charge in [0.2, 0.25) is 0 Å². The Hall–Kier alpha value is -0.570. The van der Waals surface area contributed by atoms with Gasteiger partial charge in [0.15, 0.2) is 0 Å². The summed E-state index contributed by atoms with van der Waals surface area (Å²) in [6.07, 6.45) is 0.0687. The number of halogens is 1. The van der Waals surface area contributed by atoms with Gasteiger partial charge in [0.25, 0.3) is 0 Å². The monoisotopic (exact) mass is 241 g/mol. The van der Waals surface area contributed by atoms with Crippen LogP contribution < -0.4 is 5.32 Å². The molecule has 1 aromatic carbocycles. The molecule has 16 heavy (non-hydrogen) atoms. The van der Waals surface area contributed by atoms with E-state index in [1.807, 2.05) is 0 Å². The second-order valence-electron chi connectivity index (χ2n) is 5.09. The summed E-state index contributed by atoms with van der Waals surface area (Å²) in [7, 11) is 0. The Kier molecular flexibility index (Phi) is 4.36. The fraction of sp³-hybridized carbons (Fsp3) is 0.538. The van der Waals surface area contributed by atoms with E-state index >= 15 is 0 Å². The molecule has 0 spiro atoms. The van der Waals surface area contributed by atoms with Crippen LogP contribution in [0.15, 0.2) is 24.3 Å². The lowest BCUT2D eigenvalue weighted by Crippen LogP contribution is -2.43. The van der Waals surface area contributed by atoms with Gasteiger partial charge < -0.3 is 4.74 Å². The molecule has 1 N–H and O–H groups in total.